The molecule has 2 N–H and O–H groups in total. The van der Waals surface area contributed by atoms with Gasteiger partial charge in [-0.15, -0.1) is 0 Å². The molecule has 142 valence electrons. The van der Waals surface area contributed by atoms with Crippen LogP contribution in [0, 0.1) is 4.77 Å². The SMILES string of the molecule is S=c1[nH]nc(COc2ccccc2)n1-c1c(-c2ccccc2)[nH]c2ccccc12. The number of rotatable bonds is 5. The summed E-state index contributed by atoms with van der Waals surface area (Å²) in [6, 6.07) is 28.1. The van der Waals surface area contributed by atoms with E-state index < -0.39 is 0 Å². The number of hydrogen-bond donors (Lipinski definition) is 2. The van der Waals surface area contributed by atoms with Crippen molar-refractivity contribution in [2.45, 2.75) is 6.61 Å². The largest absolute Gasteiger partial charge is 0.486 e. The Kier molecular flexibility index (Phi) is 4.46. The molecule has 5 aromatic rings. The first-order valence-corrected chi connectivity index (χ1v) is 9.73. The van der Waals surface area contributed by atoms with Crippen molar-refractivity contribution in [3.8, 4) is 22.7 Å². The van der Waals surface area contributed by atoms with Crippen LogP contribution in [0.1, 0.15) is 5.82 Å². The highest BCUT2D eigenvalue weighted by molar-refractivity contribution is 7.71. The van der Waals surface area contributed by atoms with Gasteiger partial charge in [0, 0.05) is 16.5 Å². The lowest BCUT2D eigenvalue weighted by molar-refractivity contribution is 0.293. The third kappa shape index (κ3) is 3.23. The minimum absolute atomic E-state index is 0.297. The molecule has 2 aromatic heterocycles. The van der Waals surface area contributed by atoms with E-state index in [0.29, 0.717) is 17.2 Å². The molecule has 0 radical (unpaired) electrons. The van der Waals surface area contributed by atoms with Gasteiger partial charge in [0.15, 0.2) is 10.6 Å². The first kappa shape index (κ1) is 17.5. The van der Waals surface area contributed by atoms with Crippen molar-refractivity contribution >= 4 is 23.1 Å². The van der Waals surface area contributed by atoms with Crippen molar-refractivity contribution in [3.63, 3.8) is 0 Å². The molecule has 0 saturated carbocycles. The molecule has 0 spiro atoms. The second-order valence-corrected chi connectivity index (χ2v) is 7.03. The average Bonchev–Trinajstić information content (AvgIpc) is 3.33. The van der Waals surface area contributed by atoms with E-state index in [4.69, 9.17) is 17.0 Å². The van der Waals surface area contributed by atoms with Gasteiger partial charge in [-0.05, 0) is 30.4 Å². The maximum absolute atomic E-state index is 5.94. The third-order valence-corrected chi connectivity index (χ3v) is 5.09. The Bertz CT molecular complexity index is 1320. The molecule has 0 atom stereocenters. The summed E-state index contributed by atoms with van der Waals surface area (Å²) >= 11 is 5.60. The van der Waals surface area contributed by atoms with Crippen molar-refractivity contribution in [2.24, 2.45) is 0 Å². The van der Waals surface area contributed by atoms with Gasteiger partial charge >= 0.3 is 0 Å². The summed E-state index contributed by atoms with van der Waals surface area (Å²) in [7, 11) is 0. The van der Waals surface area contributed by atoms with E-state index >= 15 is 0 Å². The van der Waals surface area contributed by atoms with Crippen molar-refractivity contribution in [1.29, 1.82) is 0 Å². The van der Waals surface area contributed by atoms with Gasteiger partial charge in [0.1, 0.15) is 12.4 Å². The molecule has 5 nitrogen and oxygen atoms in total. The molecular weight excluding hydrogens is 380 g/mol. The standard InChI is InChI=1S/C23H18N4OS/c29-23-26-25-20(15-28-17-11-5-2-6-12-17)27(23)22-18-13-7-8-14-19(18)24-21(22)16-9-3-1-4-10-16/h1-14,24H,15H2,(H,26,29). The van der Waals surface area contributed by atoms with Crippen LogP contribution in [0.2, 0.25) is 0 Å². The van der Waals surface area contributed by atoms with Gasteiger partial charge in [0.05, 0.1) is 11.4 Å². The van der Waals surface area contributed by atoms with Crippen LogP contribution in [-0.2, 0) is 6.61 Å². The second-order valence-electron chi connectivity index (χ2n) is 6.64. The Morgan fingerprint density at radius 1 is 0.862 bits per heavy atom. The molecule has 0 amide bonds. The molecule has 0 aliphatic carbocycles. The van der Waals surface area contributed by atoms with E-state index in [0.717, 1.165) is 33.6 Å². The molecule has 29 heavy (non-hydrogen) atoms. The molecule has 2 heterocycles. The molecule has 0 fully saturated rings. The van der Waals surface area contributed by atoms with Crippen LogP contribution in [0.15, 0.2) is 84.9 Å². The Morgan fingerprint density at radius 2 is 1.55 bits per heavy atom. The quantitative estimate of drug-likeness (QED) is 0.376. The van der Waals surface area contributed by atoms with E-state index in [-0.39, 0.29) is 0 Å². The van der Waals surface area contributed by atoms with Crippen molar-refractivity contribution in [3.05, 3.63) is 95.5 Å². The number of nitrogens with zero attached hydrogens (tertiary/aromatic N) is 2. The van der Waals surface area contributed by atoms with Crippen molar-refractivity contribution in [2.75, 3.05) is 0 Å². The molecule has 6 heteroatoms. The van der Waals surface area contributed by atoms with Gasteiger partial charge in [-0.3, -0.25) is 9.67 Å². The Morgan fingerprint density at radius 3 is 2.34 bits per heavy atom. The molecule has 0 aliphatic heterocycles. The maximum Gasteiger partial charge on any atom is 0.200 e. The number of nitrogens with one attached hydrogen (secondary N) is 2. The van der Waals surface area contributed by atoms with Gasteiger partial charge in [-0.1, -0.05) is 66.7 Å². The zero-order chi connectivity index (χ0) is 19.6. The molecule has 5 rings (SSSR count). The fourth-order valence-corrected chi connectivity index (χ4v) is 3.74. The van der Waals surface area contributed by atoms with Crippen LogP contribution in [0.4, 0.5) is 0 Å². The molecule has 0 bridgehead atoms. The van der Waals surface area contributed by atoms with Gasteiger partial charge in [0.2, 0.25) is 0 Å². The number of fused-ring (bicyclic) bond motifs is 1. The minimum Gasteiger partial charge on any atom is -0.486 e. The zero-order valence-corrected chi connectivity index (χ0v) is 16.3. The third-order valence-electron chi connectivity index (χ3n) is 4.82. The second kappa shape index (κ2) is 7.41. The molecule has 0 aliphatic rings. The van der Waals surface area contributed by atoms with E-state index in [1.807, 2.05) is 65.2 Å². The predicted octanol–water partition coefficient (Wildman–Crippen LogP) is 5.66. The van der Waals surface area contributed by atoms with Crippen LogP contribution in [0.5, 0.6) is 5.75 Å². The fourth-order valence-electron chi connectivity index (χ4n) is 3.49. The Balaban J connectivity index is 1.67. The van der Waals surface area contributed by atoms with E-state index in [1.165, 1.54) is 0 Å². The fraction of sp³-hybridized carbons (Fsp3) is 0.0435. The topological polar surface area (TPSA) is 58.6 Å². The average molecular weight is 398 g/mol. The minimum atomic E-state index is 0.297. The summed E-state index contributed by atoms with van der Waals surface area (Å²) in [5, 5.41) is 8.44. The van der Waals surface area contributed by atoms with Crippen molar-refractivity contribution < 1.29 is 4.74 Å². The monoisotopic (exact) mass is 398 g/mol. The van der Waals surface area contributed by atoms with E-state index in [9.17, 15) is 0 Å². The molecule has 0 saturated heterocycles. The van der Waals surface area contributed by atoms with E-state index in [1.54, 1.807) is 0 Å². The van der Waals surface area contributed by atoms with Gasteiger partial charge in [0.25, 0.3) is 0 Å². The Labute approximate surface area is 172 Å². The van der Waals surface area contributed by atoms with Gasteiger partial charge < -0.3 is 9.72 Å². The summed E-state index contributed by atoms with van der Waals surface area (Å²) in [4.78, 5) is 3.55. The Hall–Kier alpha value is -3.64. The number of aromatic nitrogens is 4. The normalized spacial score (nSPS) is 11.0. The molecule has 0 unspecified atom stereocenters. The highest BCUT2D eigenvalue weighted by Gasteiger charge is 2.19. The van der Waals surface area contributed by atoms with E-state index in [2.05, 4.69) is 39.4 Å². The first-order valence-electron chi connectivity index (χ1n) is 9.32. The van der Waals surface area contributed by atoms with Crippen LogP contribution < -0.4 is 4.74 Å². The predicted molar refractivity (Wildman–Crippen MR) is 117 cm³/mol. The lowest BCUT2D eigenvalue weighted by Crippen LogP contribution is -2.06. The smallest absolute Gasteiger partial charge is 0.200 e. The van der Waals surface area contributed by atoms with Crippen LogP contribution >= 0.6 is 12.2 Å². The van der Waals surface area contributed by atoms with Crippen molar-refractivity contribution in [1.82, 2.24) is 19.7 Å². The number of aromatic amines is 2. The van der Waals surface area contributed by atoms with Crippen LogP contribution in [-0.4, -0.2) is 19.7 Å². The maximum atomic E-state index is 5.94. The summed E-state index contributed by atoms with van der Waals surface area (Å²) in [6.07, 6.45) is 0. The molecular formula is C23H18N4OS. The lowest BCUT2D eigenvalue weighted by Gasteiger charge is -2.10. The number of ether oxygens (including phenoxy) is 1. The number of benzene rings is 3. The number of para-hydroxylation sites is 2. The van der Waals surface area contributed by atoms with Crippen LogP contribution in [0.3, 0.4) is 0 Å². The summed E-state index contributed by atoms with van der Waals surface area (Å²) in [6.45, 7) is 0.297. The number of H-pyrrole nitrogens is 2. The van der Waals surface area contributed by atoms with Gasteiger partial charge in [-0.2, -0.15) is 5.10 Å². The first-order chi connectivity index (χ1) is 14.3. The summed E-state index contributed by atoms with van der Waals surface area (Å²) in [5.74, 6) is 1.50. The number of hydrogen-bond acceptors (Lipinski definition) is 3. The zero-order valence-electron chi connectivity index (χ0n) is 15.5. The highest BCUT2D eigenvalue weighted by Crippen LogP contribution is 2.34. The lowest BCUT2D eigenvalue weighted by atomic mass is 10.1. The molecule has 3 aromatic carbocycles. The van der Waals surface area contributed by atoms with Gasteiger partial charge in [-0.25, -0.2) is 0 Å². The van der Waals surface area contributed by atoms with Crippen LogP contribution in [0.25, 0.3) is 27.8 Å². The summed E-state index contributed by atoms with van der Waals surface area (Å²) < 4.78 is 8.43. The highest BCUT2D eigenvalue weighted by atomic mass is 32.1. The summed E-state index contributed by atoms with van der Waals surface area (Å²) in [5.41, 5.74) is 4.08.